The molecule has 0 aromatic heterocycles. The lowest BCUT2D eigenvalue weighted by Crippen LogP contribution is -2.04. The number of benzene rings is 2. The van der Waals surface area contributed by atoms with Crippen molar-refractivity contribution >= 4 is 0 Å². The van der Waals surface area contributed by atoms with Crippen LogP contribution in [0.2, 0.25) is 0 Å². The fourth-order valence-electron chi connectivity index (χ4n) is 3.29. The molecule has 0 spiro atoms. The Bertz CT molecular complexity index is 752. The quantitative estimate of drug-likeness (QED) is 0.158. The summed E-state index contributed by atoms with van der Waals surface area (Å²) >= 11 is 0. The van der Waals surface area contributed by atoms with Crippen LogP contribution in [-0.2, 0) is 6.61 Å². The Balaban J connectivity index is 1.62. The third-order valence-corrected chi connectivity index (χ3v) is 5.14. The van der Waals surface area contributed by atoms with E-state index in [2.05, 4.69) is 6.92 Å². The number of hydrogen-bond acceptors (Lipinski definition) is 2. The van der Waals surface area contributed by atoms with Gasteiger partial charge in [0, 0.05) is 6.07 Å². The minimum atomic E-state index is -1.55. The molecule has 0 aliphatic heterocycles. The molecule has 172 valence electrons. The van der Waals surface area contributed by atoms with E-state index in [1.54, 1.807) is 24.3 Å². The Labute approximate surface area is 182 Å². The number of ether oxygens (including phenoxy) is 2. The molecular weight excluding hydrogens is 408 g/mol. The molecule has 0 aliphatic carbocycles. The summed E-state index contributed by atoms with van der Waals surface area (Å²) in [7, 11) is 0. The normalized spacial score (nSPS) is 11.0. The van der Waals surface area contributed by atoms with Gasteiger partial charge in [-0.1, -0.05) is 76.8 Å². The molecule has 0 heterocycles. The molecule has 0 amide bonds. The van der Waals surface area contributed by atoms with Crippen LogP contribution in [0.1, 0.15) is 76.7 Å². The summed E-state index contributed by atoms with van der Waals surface area (Å²) in [6.07, 6.45) is 12.6. The van der Waals surface area contributed by atoms with Gasteiger partial charge in [0.1, 0.15) is 12.4 Å². The predicted octanol–water partition coefficient (Wildman–Crippen LogP) is 8.12. The van der Waals surface area contributed by atoms with Crippen LogP contribution in [0.4, 0.5) is 17.6 Å². The van der Waals surface area contributed by atoms with Crippen molar-refractivity contribution < 1.29 is 27.0 Å². The molecule has 6 heteroatoms. The molecule has 0 unspecified atom stereocenters. The summed E-state index contributed by atoms with van der Waals surface area (Å²) in [6.45, 7) is 2.63. The topological polar surface area (TPSA) is 18.5 Å². The van der Waals surface area contributed by atoms with E-state index in [0.717, 1.165) is 12.8 Å². The maximum atomic E-state index is 13.6. The van der Waals surface area contributed by atoms with Crippen LogP contribution in [0.25, 0.3) is 0 Å². The number of rotatable bonds is 15. The van der Waals surface area contributed by atoms with Crippen LogP contribution < -0.4 is 9.47 Å². The van der Waals surface area contributed by atoms with E-state index in [1.165, 1.54) is 51.4 Å². The number of hydrogen-bond donors (Lipinski definition) is 0. The Hall–Kier alpha value is -2.24. The minimum absolute atomic E-state index is 0.151. The SMILES string of the molecule is CCCCCCCCCCCCOc1ccc(COc2c(F)c(F)cc(F)c2F)cc1. The fraction of sp³-hybridized carbons (Fsp3) is 0.520. The zero-order valence-electron chi connectivity index (χ0n) is 18.2. The molecule has 0 bridgehead atoms. The van der Waals surface area contributed by atoms with Gasteiger partial charge in [-0.05, 0) is 24.1 Å². The minimum Gasteiger partial charge on any atom is -0.494 e. The van der Waals surface area contributed by atoms with Gasteiger partial charge in [-0.3, -0.25) is 0 Å². The van der Waals surface area contributed by atoms with Crippen molar-refractivity contribution in [2.45, 2.75) is 77.7 Å². The molecular formula is C25H32F4O2. The number of unbranched alkanes of at least 4 members (excludes halogenated alkanes) is 9. The lowest BCUT2D eigenvalue weighted by atomic mass is 10.1. The highest BCUT2D eigenvalue weighted by molar-refractivity contribution is 5.30. The molecule has 0 aliphatic rings. The van der Waals surface area contributed by atoms with E-state index in [-0.39, 0.29) is 12.7 Å². The van der Waals surface area contributed by atoms with Crippen molar-refractivity contribution in [3.05, 3.63) is 59.2 Å². The largest absolute Gasteiger partial charge is 0.494 e. The van der Waals surface area contributed by atoms with Crippen LogP contribution >= 0.6 is 0 Å². The molecule has 0 saturated heterocycles. The summed E-state index contributed by atoms with van der Waals surface area (Å²) in [6, 6.07) is 6.97. The Kier molecular flexibility index (Phi) is 11.3. The van der Waals surface area contributed by atoms with E-state index in [9.17, 15) is 17.6 Å². The summed E-state index contributed by atoms with van der Waals surface area (Å²) in [5.74, 6) is -6.45. The highest BCUT2D eigenvalue weighted by Crippen LogP contribution is 2.27. The van der Waals surface area contributed by atoms with Gasteiger partial charge in [-0.25, -0.2) is 8.78 Å². The third kappa shape index (κ3) is 8.80. The molecule has 2 rings (SSSR count). The van der Waals surface area contributed by atoms with Crippen LogP contribution in [0, 0.1) is 23.3 Å². The van der Waals surface area contributed by atoms with Crippen LogP contribution in [-0.4, -0.2) is 6.61 Å². The average Bonchev–Trinajstić information content (AvgIpc) is 2.77. The summed E-state index contributed by atoms with van der Waals surface area (Å²) in [5, 5.41) is 0. The van der Waals surface area contributed by atoms with Gasteiger partial charge in [-0.15, -0.1) is 0 Å². The Morgan fingerprint density at radius 1 is 0.645 bits per heavy atom. The highest BCUT2D eigenvalue weighted by atomic mass is 19.2. The van der Waals surface area contributed by atoms with Crippen molar-refractivity contribution in [3.63, 3.8) is 0 Å². The van der Waals surface area contributed by atoms with Gasteiger partial charge in [0.05, 0.1) is 6.61 Å². The lowest BCUT2D eigenvalue weighted by molar-refractivity contribution is 0.261. The first-order valence-electron chi connectivity index (χ1n) is 11.2. The van der Waals surface area contributed by atoms with Crippen LogP contribution in [0.3, 0.4) is 0 Å². The van der Waals surface area contributed by atoms with E-state index in [4.69, 9.17) is 9.47 Å². The lowest BCUT2D eigenvalue weighted by Gasteiger charge is -2.10. The molecule has 0 fully saturated rings. The first kappa shape index (κ1) is 25.0. The van der Waals surface area contributed by atoms with Crippen molar-refractivity contribution in [1.82, 2.24) is 0 Å². The first-order chi connectivity index (χ1) is 15.0. The Morgan fingerprint density at radius 2 is 1.16 bits per heavy atom. The third-order valence-electron chi connectivity index (χ3n) is 5.14. The molecule has 0 radical (unpaired) electrons. The average molecular weight is 441 g/mol. The smallest absolute Gasteiger partial charge is 0.203 e. The van der Waals surface area contributed by atoms with Crippen molar-refractivity contribution in [3.8, 4) is 11.5 Å². The zero-order chi connectivity index (χ0) is 22.5. The monoisotopic (exact) mass is 440 g/mol. The van der Waals surface area contributed by atoms with Gasteiger partial charge < -0.3 is 9.47 Å². The van der Waals surface area contributed by atoms with E-state index in [1.807, 2.05) is 0 Å². The van der Waals surface area contributed by atoms with Gasteiger partial charge in [0.2, 0.25) is 11.6 Å². The van der Waals surface area contributed by atoms with Crippen molar-refractivity contribution in [2.75, 3.05) is 6.61 Å². The second kappa shape index (κ2) is 13.9. The number of halogens is 4. The second-order valence-electron chi connectivity index (χ2n) is 7.76. The highest BCUT2D eigenvalue weighted by Gasteiger charge is 2.20. The predicted molar refractivity (Wildman–Crippen MR) is 114 cm³/mol. The standard InChI is InChI=1S/C25H32F4O2/c1-2-3-4-5-6-7-8-9-10-11-16-30-20-14-12-19(13-15-20)18-31-25-23(28)21(26)17-22(27)24(25)29/h12-15,17H,2-11,16,18H2,1H3. The van der Waals surface area contributed by atoms with E-state index >= 15 is 0 Å². The van der Waals surface area contributed by atoms with Gasteiger partial charge in [0.15, 0.2) is 17.4 Å². The van der Waals surface area contributed by atoms with E-state index in [0.29, 0.717) is 17.9 Å². The summed E-state index contributed by atoms with van der Waals surface area (Å²) < 4.78 is 64.3. The van der Waals surface area contributed by atoms with Crippen LogP contribution in [0.5, 0.6) is 11.5 Å². The summed E-state index contributed by atoms with van der Waals surface area (Å²) in [4.78, 5) is 0. The van der Waals surface area contributed by atoms with Crippen LogP contribution in [0.15, 0.2) is 30.3 Å². The molecule has 0 saturated carbocycles. The fourth-order valence-corrected chi connectivity index (χ4v) is 3.29. The first-order valence-corrected chi connectivity index (χ1v) is 11.2. The van der Waals surface area contributed by atoms with E-state index < -0.39 is 29.0 Å². The molecule has 2 aromatic carbocycles. The second-order valence-corrected chi connectivity index (χ2v) is 7.76. The maximum Gasteiger partial charge on any atom is 0.203 e. The van der Waals surface area contributed by atoms with Crippen molar-refractivity contribution in [2.24, 2.45) is 0 Å². The van der Waals surface area contributed by atoms with Gasteiger partial charge in [-0.2, -0.15) is 8.78 Å². The molecule has 2 nitrogen and oxygen atoms in total. The van der Waals surface area contributed by atoms with Gasteiger partial charge in [0.25, 0.3) is 0 Å². The molecule has 2 aromatic rings. The van der Waals surface area contributed by atoms with Gasteiger partial charge >= 0.3 is 0 Å². The summed E-state index contributed by atoms with van der Waals surface area (Å²) in [5.41, 5.74) is 0.592. The maximum absolute atomic E-state index is 13.6. The Morgan fingerprint density at radius 3 is 1.71 bits per heavy atom. The molecule has 0 atom stereocenters. The molecule has 0 N–H and O–H groups in total. The van der Waals surface area contributed by atoms with Crippen molar-refractivity contribution in [1.29, 1.82) is 0 Å². The molecule has 31 heavy (non-hydrogen) atoms. The zero-order valence-corrected chi connectivity index (χ0v) is 18.2.